The predicted molar refractivity (Wildman–Crippen MR) is 127 cm³/mol. The highest BCUT2D eigenvalue weighted by atomic mass is 32.2. The van der Waals surface area contributed by atoms with Gasteiger partial charge in [-0.05, 0) is 19.3 Å². The van der Waals surface area contributed by atoms with Gasteiger partial charge in [0.25, 0.3) is 0 Å². The Kier molecular flexibility index (Phi) is 8.09. The van der Waals surface area contributed by atoms with Gasteiger partial charge in [0.05, 0.1) is 23.2 Å². The van der Waals surface area contributed by atoms with E-state index >= 15 is 0 Å². The maximum absolute atomic E-state index is 13.9. The third-order valence-corrected chi connectivity index (χ3v) is 9.08. The van der Waals surface area contributed by atoms with Gasteiger partial charge in [-0.3, -0.25) is 14.4 Å². The monoisotopic (exact) mass is 463 g/mol. The molecule has 3 saturated heterocycles. The van der Waals surface area contributed by atoms with E-state index in [2.05, 4.69) is 20.1 Å². The van der Waals surface area contributed by atoms with Crippen molar-refractivity contribution in [1.29, 1.82) is 0 Å². The van der Waals surface area contributed by atoms with E-state index in [-0.39, 0.29) is 36.1 Å². The second kappa shape index (κ2) is 10.4. The van der Waals surface area contributed by atoms with Crippen molar-refractivity contribution in [2.45, 2.75) is 55.1 Å². The number of hydrogen-bond donors (Lipinski definition) is 1. The van der Waals surface area contributed by atoms with Crippen molar-refractivity contribution >= 4 is 29.5 Å². The third kappa shape index (κ3) is 4.12. The molecule has 0 saturated carbocycles. The van der Waals surface area contributed by atoms with Gasteiger partial charge in [-0.25, -0.2) is 0 Å². The van der Waals surface area contributed by atoms with Crippen LogP contribution < -0.4 is 0 Å². The average molecular weight is 464 g/mol. The highest BCUT2D eigenvalue weighted by molar-refractivity contribution is 8.02. The van der Waals surface area contributed by atoms with Crippen molar-refractivity contribution in [3.05, 3.63) is 25.3 Å². The number of carbonyl (C=O) groups excluding carboxylic acids is 3. The molecule has 1 N–H and O–H groups in total. The molecule has 32 heavy (non-hydrogen) atoms. The molecule has 0 aliphatic carbocycles. The number of aliphatic hydroxyl groups excluding tert-OH is 1. The lowest BCUT2D eigenvalue weighted by atomic mass is 9.70. The molecule has 0 radical (unpaired) electrons. The minimum atomic E-state index is -0.647. The van der Waals surface area contributed by atoms with Gasteiger partial charge < -0.3 is 19.8 Å². The molecule has 0 aromatic rings. The van der Waals surface area contributed by atoms with Crippen molar-refractivity contribution in [3.8, 4) is 0 Å². The van der Waals surface area contributed by atoms with Gasteiger partial charge in [-0.1, -0.05) is 31.9 Å². The van der Waals surface area contributed by atoms with E-state index in [1.54, 1.807) is 45.7 Å². The van der Waals surface area contributed by atoms with Crippen LogP contribution >= 0.6 is 11.8 Å². The lowest BCUT2D eigenvalue weighted by Crippen LogP contribution is -2.55. The molecule has 1 spiro atoms. The number of nitrogens with zero attached hydrogens (tertiary/aromatic N) is 3. The molecule has 3 aliphatic rings. The van der Waals surface area contributed by atoms with E-state index < -0.39 is 22.6 Å². The molecule has 178 valence electrons. The number of fused-ring (bicyclic) bond motifs is 1. The summed E-state index contributed by atoms with van der Waals surface area (Å²) >= 11 is 1.66. The number of unbranched alkanes of at least 4 members (excludes halogenated alkanes) is 2. The first-order valence-electron chi connectivity index (χ1n) is 11.7. The van der Waals surface area contributed by atoms with E-state index in [0.717, 1.165) is 32.1 Å². The number of amides is 3. The summed E-state index contributed by atoms with van der Waals surface area (Å²) in [4.78, 5) is 45.8. The molecule has 3 heterocycles. The first-order valence-corrected chi connectivity index (χ1v) is 12.6. The predicted octanol–water partition coefficient (Wildman–Crippen LogP) is 1.92. The molecule has 2 bridgehead atoms. The van der Waals surface area contributed by atoms with Crippen LogP contribution in [0.25, 0.3) is 0 Å². The van der Waals surface area contributed by atoms with Crippen LogP contribution in [0.5, 0.6) is 0 Å². The van der Waals surface area contributed by atoms with E-state index in [4.69, 9.17) is 0 Å². The summed E-state index contributed by atoms with van der Waals surface area (Å²) in [5.74, 6) is -1.24. The van der Waals surface area contributed by atoms with Crippen LogP contribution in [0.15, 0.2) is 25.3 Å². The Hall–Kier alpha value is -1.80. The van der Waals surface area contributed by atoms with Crippen LogP contribution in [0, 0.1) is 11.8 Å². The van der Waals surface area contributed by atoms with Crippen LogP contribution in [0.1, 0.15) is 39.0 Å². The maximum atomic E-state index is 13.9. The Bertz CT molecular complexity index is 760. The van der Waals surface area contributed by atoms with Gasteiger partial charge >= 0.3 is 0 Å². The average Bonchev–Trinajstić information content (AvgIpc) is 3.41. The first kappa shape index (κ1) is 24.8. The molecule has 2 unspecified atom stereocenters. The highest BCUT2D eigenvalue weighted by Gasteiger charge is 2.73. The highest BCUT2D eigenvalue weighted by Crippen LogP contribution is 2.66. The zero-order valence-electron chi connectivity index (χ0n) is 19.4. The van der Waals surface area contributed by atoms with Crippen molar-refractivity contribution in [1.82, 2.24) is 14.7 Å². The van der Waals surface area contributed by atoms with E-state index in [1.807, 2.05) is 0 Å². The summed E-state index contributed by atoms with van der Waals surface area (Å²) in [5, 5.41) is 9.74. The van der Waals surface area contributed by atoms with Crippen molar-refractivity contribution in [2.75, 3.05) is 39.8 Å². The minimum Gasteiger partial charge on any atom is -0.395 e. The topological polar surface area (TPSA) is 81.2 Å². The van der Waals surface area contributed by atoms with Crippen LogP contribution in [0.3, 0.4) is 0 Å². The Morgan fingerprint density at radius 3 is 2.59 bits per heavy atom. The van der Waals surface area contributed by atoms with E-state index in [9.17, 15) is 19.5 Å². The van der Waals surface area contributed by atoms with Crippen molar-refractivity contribution in [3.63, 3.8) is 0 Å². The number of hydrogen-bond acceptors (Lipinski definition) is 5. The molecular weight excluding hydrogens is 426 g/mol. The van der Waals surface area contributed by atoms with Crippen LogP contribution in [0.2, 0.25) is 0 Å². The first-order chi connectivity index (χ1) is 15.4. The molecule has 8 heteroatoms. The number of thioether (sulfide) groups is 1. The van der Waals surface area contributed by atoms with Crippen molar-refractivity contribution < 1.29 is 19.5 Å². The van der Waals surface area contributed by atoms with E-state index in [1.165, 1.54) is 0 Å². The Morgan fingerprint density at radius 2 is 1.97 bits per heavy atom. The van der Waals surface area contributed by atoms with Crippen LogP contribution in [-0.2, 0) is 14.4 Å². The summed E-state index contributed by atoms with van der Waals surface area (Å²) < 4.78 is -0.604. The largest absolute Gasteiger partial charge is 0.395 e. The summed E-state index contributed by atoms with van der Waals surface area (Å²) in [5.41, 5.74) is 0. The Labute approximate surface area is 195 Å². The lowest BCUT2D eigenvalue weighted by molar-refractivity contribution is -0.144. The zero-order chi connectivity index (χ0) is 23.5. The standard InChI is InChI=1S/C24H37N3O4S/c1-5-8-9-14-26(13-7-3)23(31)20-24-11-10-17(32-24)18(21(29)25(4)12-6-2)19(24)22(30)27(20)15-16-28/h6-7,17-20,28H,2-3,5,8-16H2,1,4H3/t17-,18+,19-,20?,24?/m0/s1. The van der Waals surface area contributed by atoms with Gasteiger partial charge in [0.15, 0.2) is 0 Å². The van der Waals surface area contributed by atoms with Gasteiger partial charge in [-0.2, -0.15) is 0 Å². The van der Waals surface area contributed by atoms with Crippen LogP contribution in [-0.4, -0.2) is 93.4 Å². The Morgan fingerprint density at radius 1 is 1.25 bits per heavy atom. The molecule has 3 amide bonds. The van der Waals surface area contributed by atoms with Gasteiger partial charge in [0.1, 0.15) is 6.04 Å². The molecule has 0 aromatic heterocycles. The van der Waals surface area contributed by atoms with Crippen molar-refractivity contribution in [2.24, 2.45) is 11.8 Å². The third-order valence-electron chi connectivity index (χ3n) is 7.13. The van der Waals surface area contributed by atoms with E-state index in [0.29, 0.717) is 19.6 Å². The fourth-order valence-corrected chi connectivity index (χ4v) is 7.98. The maximum Gasteiger partial charge on any atom is 0.247 e. The zero-order valence-corrected chi connectivity index (χ0v) is 20.2. The summed E-state index contributed by atoms with van der Waals surface area (Å²) in [6.07, 6.45) is 7.95. The molecule has 3 aliphatic heterocycles. The summed E-state index contributed by atoms with van der Waals surface area (Å²) in [6.45, 7) is 11.0. The number of rotatable bonds is 12. The molecule has 3 fully saturated rings. The second-order valence-electron chi connectivity index (χ2n) is 9.10. The summed E-state index contributed by atoms with van der Waals surface area (Å²) in [7, 11) is 1.74. The fraction of sp³-hybridized carbons (Fsp3) is 0.708. The number of carbonyl (C=O) groups is 3. The van der Waals surface area contributed by atoms with Gasteiger partial charge in [0, 0.05) is 38.5 Å². The second-order valence-corrected chi connectivity index (χ2v) is 10.7. The SMILES string of the molecule is C=CCN(C)C(=O)[C@@H]1[C@@H]2CCC3(S2)C(C(=O)N(CC=C)CCCCC)N(CCO)C(=O)[C@H]13. The quantitative estimate of drug-likeness (QED) is 0.353. The molecule has 0 aromatic carbocycles. The lowest BCUT2D eigenvalue weighted by Gasteiger charge is -2.37. The number of aliphatic hydroxyl groups is 1. The molecule has 5 atom stereocenters. The number of likely N-dealkylation sites (N-methyl/N-ethyl adjacent to an activating group) is 1. The smallest absolute Gasteiger partial charge is 0.247 e. The number of β-amino-alcohol motifs (C(OH)–C–C–N with tert-alkyl or cyclic N) is 1. The van der Waals surface area contributed by atoms with Gasteiger partial charge in [-0.15, -0.1) is 24.9 Å². The molecule has 3 rings (SSSR count). The fourth-order valence-electron chi connectivity index (χ4n) is 5.77. The number of likely N-dealkylation sites (tertiary alicyclic amines) is 1. The Balaban J connectivity index is 1.95. The summed E-state index contributed by atoms with van der Waals surface area (Å²) in [6, 6.07) is -0.647. The van der Waals surface area contributed by atoms with Crippen LogP contribution in [0.4, 0.5) is 0 Å². The molecule has 7 nitrogen and oxygen atoms in total. The minimum absolute atomic E-state index is 0.0447. The van der Waals surface area contributed by atoms with Gasteiger partial charge in [0.2, 0.25) is 17.7 Å². The molecular formula is C24H37N3O4S. The normalized spacial score (nSPS) is 30.3.